The summed E-state index contributed by atoms with van der Waals surface area (Å²) in [5.41, 5.74) is 2.30. The van der Waals surface area contributed by atoms with Crippen LogP contribution < -0.4 is 0 Å². The van der Waals surface area contributed by atoms with E-state index in [2.05, 4.69) is 16.3 Å². The van der Waals surface area contributed by atoms with Crippen molar-refractivity contribution in [2.75, 3.05) is 0 Å². The summed E-state index contributed by atoms with van der Waals surface area (Å²) in [4.78, 5) is 10.7. The number of carboxylic acid groups (broad SMARTS) is 1. The zero-order valence-electron chi connectivity index (χ0n) is 11.3. The first-order valence-electron chi connectivity index (χ1n) is 6.20. The highest BCUT2D eigenvalue weighted by Gasteiger charge is 2.18. The zero-order valence-corrected chi connectivity index (χ0v) is 12.1. The summed E-state index contributed by atoms with van der Waals surface area (Å²) in [5, 5.41) is 26.7. The molecule has 0 amide bonds. The van der Waals surface area contributed by atoms with E-state index in [0.717, 1.165) is 24.1 Å². The molecule has 0 radical (unpaired) electrons. The highest BCUT2D eigenvalue weighted by Crippen LogP contribution is 2.29. The lowest BCUT2D eigenvalue weighted by atomic mass is 10.1. The van der Waals surface area contributed by atoms with Gasteiger partial charge in [-0.1, -0.05) is 32.5 Å². The summed E-state index contributed by atoms with van der Waals surface area (Å²) in [5.74, 6) is -0.854. The standard InChI is InChI=1S/C13H17N3O2S/c1-4-9-10(7-14)13(16-15-11(9)5-2)19-8(3)6-12(17)18/h8H,4-6H2,1-3H3,(H,17,18). The molecule has 0 aliphatic carbocycles. The normalized spacial score (nSPS) is 11.9. The van der Waals surface area contributed by atoms with Crippen LogP contribution >= 0.6 is 11.8 Å². The average Bonchev–Trinajstić information content (AvgIpc) is 2.36. The Morgan fingerprint density at radius 2 is 2.11 bits per heavy atom. The lowest BCUT2D eigenvalue weighted by molar-refractivity contribution is -0.136. The minimum absolute atomic E-state index is 0.0359. The Balaban J connectivity index is 3.09. The van der Waals surface area contributed by atoms with Gasteiger partial charge in [0.2, 0.25) is 0 Å². The third-order valence-electron chi connectivity index (χ3n) is 2.70. The van der Waals surface area contributed by atoms with Gasteiger partial charge in [-0.05, 0) is 18.4 Å². The van der Waals surface area contributed by atoms with Crippen molar-refractivity contribution >= 4 is 17.7 Å². The molecule has 0 bridgehead atoms. The maximum atomic E-state index is 10.7. The SMILES string of the molecule is CCc1nnc(SC(C)CC(=O)O)c(C#N)c1CC. The maximum absolute atomic E-state index is 10.7. The molecule has 6 heteroatoms. The molecule has 1 aromatic heterocycles. The van der Waals surface area contributed by atoms with Gasteiger partial charge >= 0.3 is 5.97 Å². The molecule has 0 saturated carbocycles. The van der Waals surface area contributed by atoms with Gasteiger partial charge in [-0.15, -0.1) is 5.10 Å². The first kappa shape index (κ1) is 15.4. The molecule has 0 aliphatic rings. The minimum Gasteiger partial charge on any atom is -0.481 e. The lowest BCUT2D eigenvalue weighted by Crippen LogP contribution is -2.09. The third kappa shape index (κ3) is 3.93. The number of aliphatic carboxylic acids is 1. The van der Waals surface area contributed by atoms with Gasteiger partial charge in [-0.2, -0.15) is 10.4 Å². The van der Waals surface area contributed by atoms with E-state index in [9.17, 15) is 10.1 Å². The molecular weight excluding hydrogens is 262 g/mol. The number of carbonyl (C=O) groups is 1. The molecule has 0 spiro atoms. The summed E-state index contributed by atoms with van der Waals surface area (Å²) in [6, 6.07) is 2.18. The third-order valence-corrected chi connectivity index (χ3v) is 3.78. The van der Waals surface area contributed by atoms with E-state index < -0.39 is 5.97 Å². The minimum atomic E-state index is -0.854. The van der Waals surface area contributed by atoms with Gasteiger partial charge in [-0.25, -0.2) is 0 Å². The van der Waals surface area contributed by atoms with Crippen LogP contribution in [-0.4, -0.2) is 26.5 Å². The molecule has 1 heterocycles. The zero-order chi connectivity index (χ0) is 14.4. The second kappa shape index (κ2) is 7.10. The highest BCUT2D eigenvalue weighted by atomic mass is 32.2. The summed E-state index contributed by atoms with van der Waals surface area (Å²) in [6.07, 6.45) is 1.50. The number of hydrogen-bond donors (Lipinski definition) is 1. The second-order valence-electron chi connectivity index (χ2n) is 4.15. The fraction of sp³-hybridized carbons (Fsp3) is 0.538. The van der Waals surface area contributed by atoms with Crippen LogP contribution in [-0.2, 0) is 17.6 Å². The summed E-state index contributed by atoms with van der Waals surface area (Å²) in [7, 11) is 0. The maximum Gasteiger partial charge on any atom is 0.304 e. The van der Waals surface area contributed by atoms with Crippen molar-refractivity contribution in [1.82, 2.24) is 10.2 Å². The number of nitrogens with zero attached hydrogens (tertiary/aromatic N) is 3. The van der Waals surface area contributed by atoms with Crippen LogP contribution in [0, 0.1) is 11.3 Å². The summed E-state index contributed by atoms with van der Waals surface area (Å²) >= 11 is 1.29. The Morgan fingerprint density at radius 1 is 1.42 bits per heavy atom. The van der Waals surface area contributed by atoms with Crippen molar-refractivity contribution in [1.29, 1.82) is 5.26 Å². The van der Waals surface area contributed by atoms with Crippen molar-refractivity contribution in [2.24, 2.45) is 0 Å². The van der Waals surface area contributed by atoms with E-state index in [-0.39, 0.29) is 11.7 Å². The van der Waals surface area contributed by atoms with Crippen LogP contribution in [0.5, 0.6) is 0 Å². The van der Waals surface area contributed by atoms with E-state index in [1.165, 1.54) is 11.8 Å². The number of thioether (sulfide) groups is 1. The molecule has 102 valence electrons. The molecule has 1 unspecified atom stereocenters. The van der Waals surface area contributed by atoms with Crippen molar-refractivity contribution in [3.63, 3.8) is 0 Å². The largest absolute Gasteiger partial charge is 0.481 e. The molecule has 0 aromatic carbocycles. The molecular formula is C13H17N3O2S. The molecule has 19 heavy (non-hydrogen) atoms. The number of hydrogen-bond acceptors (Lipinski definition) is 5. The quantitative estimate of drug-likeness (QED) is 0.805. The van der Waals surface area contributed by atoms with E-state index in [4.69, 9.17) is 5.11 Å². The predicted octanol–water partition coefficient (Wildman–Crippen LogP) is 2.43. The van der Waals surface area contributed by atoms with Crippen molar-refractivity contribution in [2.45, 2.75) is 50.3 Å². The Bertz CT molecular complexity index is 511. The fourth-order valence-corrected chi connectivity index (χ4v) is 2.81. The number of aryl methyl sites for hydroxylation is 1. The number of carboxylic acids is 1. The van der Waals surface area contributed by atoms with Gasteiger partial charge in [0.05, 0.1) is 17.7 Å². The molecule has 0 aliphatic heterocycles. The molecule has 1 rings (SSSR count). The number of nitriles is 1. The second-order valence-corrected chi connectivity index (χ2v) is 5.58. The van der Waals surface area contributed by atoms with Gasteiger partial charge in [0.1, 0.15) is 11.1 Å². The van der Waals surface area contributed by atoms with Gasteiger partial charge in [0, 0.05) is 5.25 Å². The first-order chi connectivity index (χ1) is 9.03. The number of rotatable bonds is 6. The van der Waals surface area contributed by atoms with Gasteiger partial charge < -0.3 is 5.11 Å². The van der Waals surface area contributed by atoms with E-state index in [1.807, 2.05) is 13.8 Å². The molecule has 0 saturated heterocycles. The van der Waals surface area contributed by atoms with Gasteiger partial charge in [-0.3, -0.25) is 4.79 Å². The van der Waals surface area contributed by atoms with E-state index >= 15 is 0 Å². The topological polar surface area (TPSA) is 86.9 Å². The molecule has 0 fully saturated rings. The first-order valence-corrected chi connectivity index (χ1v) is 7.08. The predicted molar refractivity (Wildman–Crippen MR) is 73.1 cm³/mol. The van der Waals surface area contributed by atoms with Crippen molar-refractivity contribution in [3.8, 4) is 6.07 Å². The average molecular weight is 279 g/mol. The smallest absolute Gasteiger partial charge is 0.304 e. The summed E-state index contributed by atoms with van der Waals surface area (Å²) in [6.45, 7) is 5.76. The highest BCUT2D eigenvalue weighted by molar-refractivity contribution is 7.99. The van der Waals surface area contributed by atoms with Crippen LogP contribution in [0.3, 0.4) is 0 Å². The van der Waals surface area contributed by atoms with Crippen LogP contribution in [0.1, 0.15) is 44.0 Å². The monoisotopic (exact) mass is 279 g/mol. The molecule has 5 nitrogen and oxygen atoms in total. The summed E-state index contributed by atoms with van der Waals surface area (Å²) < 4.78 is 0. The van der Waals surface area contributed by atoms with Crippen LogP contribution in [0.15, 0.2) is 5.03 Å². The van der Waals surface area contributed by atoms with Gasteiger partial charge in [0.25, 0.3) is 0 Å². The molecule has 1 N–H and O–H groups in total. The fourth-order valence-electron chi connectivity index (χ4n) is 1.83. The van der Waals surface area contributed by atoms with Crippen molar-refractivity contribution in [3.05, 3.63) is 16.8 Å². The Morgan fingerprint density at radius 3 is 2.58 bits per heavy atom. The Kier molecular flexibility index (Phi) is 5.77. The molecule has 1 atom stereocenters. The number of aromatic nitrogens is 2. The van der Waals surface area contributed by atoms with Crippen LogP contribution in [0.25, 0.3) is 0 Å². The van der Waals surface area contributed by atoms with Gasteiger partial charge in [0.15, 0.2) is 0 Å². The lowest BCUT2D eigenvalue weighted by Gasteiger charge is -2.12. The molecule has 1 aromatic rings. The van der Waals surface area contributed by atoms with Crippen LogP contribution in [0.4, 0.5) is 0 Å². The van der Waals surface area contributed by atoms with Crippen molar-refractivity contribution < 1.29 is 9.90 Å². The van der Waals surface area contributed by atoms with E-state index in [1.54, 1.807) is 6.92 Å². The Hall–Kier alpha value is -1.61. The van der Waals surface area contributed by atoms with E-state index in [0.29, 0.717) is 10.6 Å². The van der Waals surface area contributed by atoms with Crippen LogP contribution in [0.2, 0.25) is 0 Å². The Labute approximate surface area is 117 Å².